The summed E-state index contributed by atoms with van der Waals surface area (Å²) in [6.07, 6.45) is -0.489. The number of morpholine rings is 1. The molecule has 0 aromatic heterocycles. The highest BCUT2D eigenvalue weighted by molar-refractivity contribution is 7.89. The van der Waals surface area contributed by atoms with Gasteiger partial charge in [0.25, 0.3) is 5.91 Å². The van der Waals surface area contributed by atoms with Crippen molar-refractivity contribution < 1.29 is 17.9 Å². The number of sulfonamides is 1. The Hall–Kier alpha value is -1.35. The van der Waals surface area contributed by atoms with Gasteiger partial charge < -0.3 is 10.1 Å². The Morgan fingerprint density at radius 3 is 2.31 bits per heavy atom. The molecule has 1 heterocycles. The number of carbonyl (C=O) groups excluding carboxylic acids is 1. The van der Waals surface area contributed by atoms with Crippen LogP contribution in [0.4, 0.5) is 5.69 Å². The van der Waals surface area contributed by atoms with E-state index in [1.165, 1.54) is 28.6 Å². The van der Waals surface area contributed by atoms with E-state index in [-0.39, 0.29) is 45.8 Å². The molecule has 1 aliphatic rings. The van der Waals surface area contributed by atoms with Crippen molar-refractivity contribution >= 4 is 56.4 Å². The summed E-state index contributed by atoms with van der Waals surface area (Å²) < 4.78 is 33.2. The predicted molar refractivity (Wildman–Crippen MR) is 115 cm³/mol. The summed E-state index contributed by atoms with van der Waals surface area (Å²) in [4.78, 5) is 12.5. The molecule has 10 heteroatoms. The molecule has 1 N–H and O–H groups in total. The van der Waals surface area contributed by atoms with Crippen LogP contribution in [-0.4, -0.2) is 43.9 Å². The lowest BCUT2D eigenvalue weighted by atomic mass is 10.2. The second kappa shape index (κ2) is 8.79. The van der Waals surface area contributed by atoms with Crippen molar-refractivity contribution in [3.8, 4) is 0 Å². The van der Waals surface area contributed by atoms with Crippen LogP contribution in [0.2, 0.25) is 15.1 Å². The first-order chi connectivity index (χ1) is 13.6. The molecule has 1 amide bonds. The summed E-state index contributed by atoms with van der Waals surface area (Å²) in [5, 5.41) is 3.38. The van der Waals surface area contributed by atoms with Gasteiger partial charge in [0, 0.05) is 23.7 Å². The van der Waals surface area contributed by atoms with E-state index in [4.69, 9.17) is 39.5 Å². The van der Waals surface area contributed by atoms with Crippen molar-refractivity contribution in [2.75, 3.05) is 18.4 Å². The number of anilines is 1. The van der Waals surface area contributed by atoms with Crippen molar-refractivity contribution in [2.24, 2.45) is 0 Å². The van der Waals surface area contributed by atoms with Crippen LogP contribution in [0.1, 0.15) is 24.2 Å². The number of hydrogen-bond acceptors (Lipinski definition) is 4. The summed E-state index contributed by atoms with van der Waals surface area (Å²) in [6.45, 7) is 4.03. The van der Waals surface area contributed by atoms with Gasteiger partial charge in [-0.15, -0.1) is 0 Å². The van der Waals surface area contributed by atoms with E-state index in [1.807, 2.05) is 0 Å². The maximum absolute atomic E-state index is 13.1. The van der Waals surface area contributed by atoms with Crippen molar-refractivity contribution in [3.63, 3.8) is 0 Å². The zero-order chi connectivity index (χ0) is 21.3. The minimum Gasteiger partial charge on any atom is -0.373 e. The number of nitrogens with zero attached hydrogens (tertiary/aromatic N) is 1. The second-order valence-corrected chi connectivity index (χ2v) is 9.96. The molecule has 0 bridgehead atoms. The van der Waals surface area contributed by atoms with Crippen LogP contribution in [0.25, 0.3) is 0 Å². The van der Waals surface area contributed by atoms with Gasteiger partial charge >= 0.3 is 0 Å². The van der Waals surface area contributed by atoms with Gasteiger partial charge in [0.2, 0.25) is 10.0 Å². The molecule has 2 unspecified atom stereocenters. The lowest BCUT2D eigenvalue weighted by molar-refractivity contribution is -0.0440. The third-order valence-corrected chi connectivity index (χ3v) is 7.24. The first-order valence-corrected chi connectivity index (χ1v) is 11.4. The average molecular weight is 478 g/mol. The van der Waals surface area contributed by atoms with E-state index in [0.717, 1.165) is 0 Å². The number of carbonyl (C=O) groups is 1. The number of hydrogen-bond donors (Lipinski definition) is 1. The van der Waals surface area contributed by atoms with Crippen LogP contribution in [0, 0.1) is 0 Å². The Kier molecular flexibility index (Phi) is 6.77. The monoisotopic (exact) mass is 476 g/mol. The molecular formula is C19H19Cl3N2O4S. The van der Waals surface area contributed by atoms with E-state index < -0.39 is 15.9 Å². The van der Waals surface area contributed by atoms with Crippen LogP contribution < -0.4 is 5.32 Å². The van der Waals surface area contributed by atoms with Gasteiger partial charge in [-0.25, -0.2) is 8.42 Å². The predicted octanol–water partition coefficient (Wildman–Crippen LogP) is 4.70. The molecule has 0 aliphatic carbocycles. The van der Waals surface area contributed by atoms with Crippen molar-refractivity contribution in [1.29, 1.82) is 0 Å². The highest BCUT2D eigenvalue weighted by atomic mass is 35.5. The largest absolute Gasteiger partial charge is 0.373 e. The molecule has 0 spiro atoms. The Morgan fingerprint density at radius 2 is 1.69 bits per heavy atom. The van der Waals surface area contributed by atoms with Crippen molar-refractivity contribution in [2.45, 2.75) is 31.0 Å². The zero-order valence-corrected chi connectivity index (χ0v) is 18.7. The molecule has 1 saturated heterocycles. The van der Waals surface area contributed by atoms with Gasteiger partial charge in [0.05, 0.1) is 27.9 Å². The minimum absolute atomic E-state index is 0.0397. The first-order valence-electron chi connectivity index (χ1n) is 8.79. The molecule has 29 heavy (non-hydrogen) atoms. The molecular weight excluding hydrogens is 459 g/mol. The number of ether oxygens (including phenoxy) is 1. The molecule has 1 aliphatic heterocycles. The summed E-state index contributed by atoms with van der Waals surface area (Å²) in [7, 11) is -3.90. The molecule has 6 nitrogen and oxygen atoms in total. The normalized spacial score (nSPS) is 20.4. The number of halogens is 3. The lowest BCUT2D eigenvalue weighted by Crippen LogP contribution is -2.48. The highest BCUT2D eigenvalue weighted by Crippen LogP contribution is 2.29. The van der Waals surface area contributed by atoms with E-state index >= 15 is 0 Å². The van der Waals surface area contributed by atoms with Crippen LogP contribution >= 0.6 is 34.8 Å². The fourth-order valence-corrected chi connectivity index (χ4v) is 5.64. The Labute approximate surface area is 184 Å². The Balaban J connectivity index is 1.90. The van der Waals surface area contributed by atoms with Gasteiger partial charge in [-0.2, -0.15) is 4.31 Å². The topological polar surface area (TPSA) is 75.7 Å². The van der Waals surface area contributed by atoms with Gasteiger partial charge in [-0.1, -0.05) is 34.8 Å². The smallest absolute Gasteiger partial charge is 0.255 e. The highest BCUT2D eigenvalue weighted by Gasteiger charge is 2.33. The minimum atomic E-state index is -3.90. The Morgan fingerprint density at radius 1 is 1.03 bits per heavy atom. The number of benzene rings is 2. The molecule has 0 saturated carbocycles. The van der Waals surface area contributed by atoms with Gasteiger partial charge in [-0.3, -0.25) is 4.79 Å². The Bertz CT molecular complexity index is 1040. The fourth-order valence-electron chi connectivity index (χ4n) is 3.09. The van der Waals surface area contributed by atoms with Crippen LogP contribution in [-0.2, 0) is 14.8 Å². The maximum atomic E-state index is 13.1. The molecule has 3 rings (SSSR count). The average Bonchev–Trinajstić information content (AvgIpc) is 2.63. The number of amides is 1. The first kappa shape index (κ1) is 22.3. The number of rotatable bonds is 4. The quantitative estimate of drug-likeness (QED) is 0.693. The molecule has 1 fully saturated rings. The van der Waals surface area contributed by atoms with Gasteiger partial charge in [-0.05, 0) is 50.2 Å². The van der Waals surface area contributed by atoms with Gasteiger partial charge in [0.15, 0.2) is 0 Å². The van der Waals surface area contributed by atoms with E-state index in [1.54, 1.807) is 26.0 Å². The van der Waals surface area contributed by atoms with E-state index in [9.17, 15) is 13.2 Å². The van der Waals surface area contributed by atoms with Crippen molar-refractivity contribution in [3.05, 3.63) is 57.0 Å². The fraction of sp³-hybridized carbons (Fsp3) is 0.316. The van der Waals surface area contributed by atoms with E-state index in [0.29, 0.717) is 10.7 Å². The zero-order valence-electron chi connectivity index (χ0n) is 15.7. The SMILES string of the molecule is CC1CN(S(=O)(=O)c2cc(C(=O)Nc3ccc(Cl)cc3Cl)ccc2Cl)CC(C)O1. The van der Waals surface area contributed by atoms with Crippen LogP contribution in [0.3, 0.4) is 0 Å². The summed E-state index contributed by atoms with van der Waals surface area (Å²) in [5.41, 5.74) is 0.490. The third-order valence-electron chi connectivity index (χ3n) is 4.38. The third kappa shape index (κ3) is 5.05. The molecule has 2 aromatic rings. The summed E-state index contributed by atoms with van der Waals surface area (Å²) >= 11 is 18.1. The lowest BCUT2D eigenvalue weighted by Gasteiger charge is -2.34. The summed E-state index contributed by atoms with van der Waals surface area (Å²) in [6, 6.07) is 8.75. The maximum Gasteiger partial charge on any atom is 0.255 e. The number of nitrogens with one attached hydrogen (secondary N) is 1. The van der Waals surface area contributed by atoms with Gasteiger partial charge in [0.1, 0.15) is 4.90 Å². The van der Waals surface area contributed by atoms with Crippen LogP contribution in [0.5, 0.6) is 0 Å². The van der Waals surface area contributed by atoms with Crippen molar-refractivity contribution in [1.82, 2.24) is 4.31 Å². The molecule has 0 radical (unpaired) electrons. The summed E-state index contributed by atoms with van der Waals surface area (Å²) in [5.74, 6) is -0.522. The standard InChI is InChI=1S/C19H19Cl3N2O4S/c1-11-9-24(10-12(2)28-11)29(26,27)18-7-13(3-5-15(18)21)19(25)23-17-6-4-14(20)8-16(17)22/h3-8,11-12H,9-10H2,1-2H3,(H,23,25). The van der Waals surface area contributed by atoms with Crippen LogP contribution in [0.15, 0.2) is 41.3 Å². The molecule has 2 atom stereocenters. The van der Waals surface area contributed by atoms with E-state index in [2.05, 4.69) is 5.32 Å². The molecule has 156 valence electrons. The molecule has 2 aromatic carbocycles. The second-order valence-electron chi connectivity index (χ2n) is 6.80.